The van der Waals surface area contributed by atoms with Gasteiger partial charge < -0.3 is 9.64 Å². The summed E-state index contributed by atoms with van der Waals surface area (Å²) in [7, 11) is 1.64. The molecular weight excluding hydrogens is 390 g/mol. The Morgan fingerprint density at radius 2 is 1.84 bits per heavy atom. The van der Waals surface area contributed by atoms with Crippen molar-refractivity contribution in [3.8, 4) is 11.4 Å². The molecule has 0 saturated carbocycles. The number of Topliss-reactive ketones (excluding diaryl/α,β-unsaturated/α-hetero) is 1. The summed E-state index contributed by atoms with van der Waals surface area (Å²) in [4.78, 5) is 28.2. The van der Waals surface area contributed by atoms with E-state index in [2.05, 4.69) is 5.10 Å². The highest BCUT2D eigenvalue weighted by atomic mass is 16.5. The lowest BCUT2D eigenvalue weighted by atomic mass is 9.88. The molecule has 0 radical (unpaired) electrons. The molecule has 0 bridgehead atoms. The fraction of sp³-hybridized carbons (Fsp3) is 0.320. The van der Waals surface area contributed by atoms with E-state index in [-0.39, 0.29) is 17.6 Å². The number of likely N-dealkylation sites (tertiary alicyclic amines) is 1. The maximum absolute atomic E-state index is 13.2. The molecule has 3 aromatic rings. The number of amides is 1. The Hall–Kier alpha value is -3.41. The van der Waals surface area contributed by atoms with E-state index in [4.69, 9.17) is 4.74 Å². The number of ether oxygens (including phenoxy) is 1. The van der Waals surface area contributed by atoms with Gasteiger partial charge in [0.25, 0.3) is 5.91 Å². The quantitative estimate of drug-likeness (QED) is 0.583. The first kappa shape index (κ1) is 20.8. The zero-order chi connectivity index (χ0) is 22.0. The SMILES string of the molecule is COc1c(C)cc(C(=O)[C@H]2CCCN(C(=O)c3cccc(-n4cccn4)c3)C2)cc1C. The second kappa shape index (κ2) is 8.76. The molecule has 0 N–H and O–H groups in total. The predicted molar refractivity (Wildman–Crippen MR) is 119 cm³/mol. The molecule has 6 nitrogen and oxygen atoms in total. The molecule has 2 aromatic carbocycles. The van der Waals surface area contributed by atoms with Crippen LogP contribution in [0.5, 0.6) is 5.75 Å². The van der Waals surface area contributed by atoms with Gasteiger partial charge >= 0.3 is 0 Å². The van der Waals surface area contributed by atoms with Gasteiger partial charge in [0, 0.05) is 42.5 Å². The molecule has 160 valence electrons. The van der Waals surface area contributed by atoms with Crippen LogP contribution in [0.2, 0.25) is 0 Å². The molecule has 1 amide bonds. The van der Waals surface area contributed by atoms with Crippen LogP contribution in [-0.4, -0.2) is 46.6 Å². The Balaban J connectivity index is 1.52. The van der Waals surface area contributed by atoms with Gasteiger partial charge in [-0.1, -0.05) is 6.07 Å². The predicted octanol–water partition coefficient (Wildman–Crippen LogP) is 4.23. The number of aromatic nitrogens is 2. The average Bonchev–Trinajstić information content (AvgIpc) is 3.33. The third-order valence-corrected chi connectivity index (χ3v) is 5.89. The molecule has 2 heterocycles. The topological polar surface area (TPSA) is 64.4 Å². The Bertz CT molecular complexity index is 1080. The molecule has 0 aliphatic carbocycles. The van der Waals surface area contributed by atoms with Crippen molar-refractivity contribution in [2.45, 2.75) is 26.7 Å². The molecule has 1 aliphatic heterocycles. The Labute approximate surface area is 182 Å². The molecule has 4 rings (SSSR count). The lowest BCUT2D eigenvalue weighted by molar-refractivity contribution is 0.0637. The van der Waals surface area contributed by atoms with E-state index in [0.29, 0.717) is 24.2 Å². The molecular formula is C25H27N3O3. The first-order chi connectivity index (χ1) is 15.0. The van der Waals surface area contributed by atoms with Crippen LogP contribution in [0.1, 0.15) is 44.7 Å². The molecule has 1 atom stereocenters. The van der Waals surface area contributed by atoms with Crippen molar-refractivity contribution in [3.05, 3.63) is 77.1 Å². The summed E-state index contributed by atoms with van der Waals surface area (Å²) >= 11 is 0. The van der Waals surface area contributed by atoms with Gasteiger partial charge in [0.15, 0.2) is 5.78 Å². The third-order valence-electron chi connectivity index (χ3n) is 5.89. The standard InChI is InChI=1S/C25H27N3O3/c1-17-13-21(14-18(2)24(17)31-3)23(29)20-8-5-11-27(16-20)25(30)19-7-4-9-22(15-19)28-12-6-10-26-28/h4,6-7,9-10,12-15,20H,5,8,11,16H2,1-3H3/t20-/m0/s1. The van der Waals surface area contributed by atoms with Crippen LogP contribution in [0, 0.1) is 19.8 Å². The Kier molecular flexibility index (Phi) is 5.89. The normalized spacial score (nSPS) is 16.2. The third kappa shape index (κ3) is 4.24. The summed E-state index contributed by atoms with van der Waals surface area (Å²) in [5.41, 5.74) is 4.03. The van der Waals surface area contributed by atoms with Gasteiger partial charge in [-0.05, 0) is 74.2 Å². The highest BCUT2D eigenvalue weighted by Gasteiger charge is 2.30. The maximum atomic E-state index is 13.2. The van der Waals surface area contributed by atoms with Gasteiger partial charge in [-0.2, -0.15) is 5.10 Å². The smallest absolute Gasteiger partial charge is 0.253 e. The number of carbonyl (C=O) groups excluding carboxylic acids is 2. The van der Waals surface area contributed by atoms with Crippen LogP contribution >= 0.6 is 0 Å². The first-order valence-electron chi connectivity index (χ1n) is 10.6. The Morgan fingerprint density at radius 3 is 2.52 bits per heavy atom. The zero-order valence-electron chi connectivity index (χ0n) is 18.2. The summed E-state index contributed by atoms with van der Waals surface area (Å²) in [6.45, 7) is 5.00. The van der Waals surface area contributed by atoms with E-state index < -0.39 is 0 Å². The number of benzene rings is 2. The first-order valence-corrected chi connectivity index (χ1v) is 10.6. The van der Waals surface area contributed by atoms with Crippen molar-refractivity contribution in [3.63, 3.8) is 0 Å². The number of hydrogen-bond acceptors (Lipinski definition) is 4. The van der Waals surface area contributed by atoms with Gasteiger partial charge in [-0.25, -0.2) is 4.68 Å². The van der Waals surface area contributed by atoms with Crippen LogP contribution in [-0.2, 0) is 0 Å². The van der Waals surface area contributed by atoms with Crippen LogP contribution in [0.4, 0.5) is 0 Å². The maximum Gasteiger partial charge on any atom is 0.253 e. The van der Waals surface area contributed by atoms with Crippen LogP contribution in [0.3, 0.4) is 0 Å². The zero-order valence-corrected chi connectivity index (χ0v) is 18.2. The number of hydrogen-bond donors (Lipinski definition) is 0. The van der Waals surface area contributed by atoms with Gasteiger partial charge in [-0.15, -0.1) is 0 Å². The van der Waals surface area contributed by atoms with Gasteiger partial charge in [0.05, 0.1) is 12.8 Å². The number of rotatable bonds is 5. The summed E-state index contributed by atoms with van der Waals surface area (Å²) in [5.74, 6) is 0.665. The summed E-state index contributed by atoms with van der Waals surface area (Å²) < 4.78 is 7.15. The van der Waals surface area contributed by atoms with Crippen molar-refractivity contribution in [2.24, 2.45) is 5.92 Å². The lowest BCUT2D eigenvalue weighted by Crippen LogP contribution is -2.42. The van der Waals surface area contributed by atoms with E-state index >= 15 is 0 Å². The number of ketones is 1. The van der Waals surface area contributed by atoms with E-state index in [0.717, 1.165) is 35.4 Å². The number of nitrogens with zero attached hydrogens (tertiary/aromatic N) is 3. The molecule has 6 heteroatoms. The monoisotopic (exact) mass is 417 g/mol. The second-order valence-electron chi connectivity index (χ2n) is 8.10. The highest BCUT2D eigenvalue weighted by Crippen LogP contribution is 2.28. The van der Waals surface area contributed by atoms with E-state index in [1.165, 1.54) is 0 Å². The number of piperidine rings is 1. The van der Waals surface area contributed by atoms with Gasteiger partial charge in [-0.3, -0.25) is 9.59 Å². The van der Waals surface area contributed by atoms with Gasteiger partial charge in [0.2, 0.25) is 0 Å². The highest BCUT2D eigenvalue weighted by molar-refractivity contribution is 6.00. The molecule has 0 spiro atoms. The van der Waals surface area contributed by atoms with Crippen molar-refractivity contribution >= 4 is 11.7 Å². The van der Waals surface area contributed by atoms with Crippen LogP contribution in [0.25, 0.3) is 5.69 Å². The fourth-order valence-electron chi connectivity index (χ4n) is 4.41. The van der Waals surface area contributed by atoms with Crippen LogP contribution < -0.4 is 4.74 Å². The minimum atomic E-state index is -0.195. The van der Waals surface area contributed by atoms with E-state index in [9.17, 15) is 9.59 Å². The van der Waals surface area contributed by atoms with E-state index in [1.54, 1.807) is 22.9 Å². The average molecular weight is 418 g/mol. The van der Waals surface area contributed by atoms with Crippen molar-refractivity contribution in [2.75, 3.05) is 20.2 Å². The molecule has 1 saturated heterocycles. The van der Waals surface area contributed by atoms with Crippen molar-refractivity contribution in [1.29, 1.82) is 0 Å². The fourth-order valence-corrected chi connectivity index (χ4v) is 4.41. The Morgan fingerprint density at radius 1 is 1.06 bits per heavy atom. The number of methoxy groups -OCH3 is 1. The summed E-state index contributed by atoms with van der Waals surface area (Å²) in [5, 5.41) is 4.23. The minimum absolute atomic E-state index is 0.0476. The largest absolute Gasteiger partial charge is 0.496 e. The van der Waals surface area contributed by atoms with Gasteiger partial charge in [0.1, 0.15) is 5.75 Å². The molecule has 1 fully saturated rings. The molecule has 0 unspecified atom stereocenters. The number of aryl methyl sites for hydroxylation is 2. The summed E-state index contributed by atoms with van der Waals surface area (Å²) in [6.07, 6.45) is 5.16. The lowest BCUT2D eigenvalue weighted by Gasteiger charge is -2.32. The summed E-state index contributed by atoms with van der Waals surface area (Å²) in [6, 6.07) is 13.1. The second-order valence-corrected chi connectivity index (χ2v) is 8.10. The minimum Gasteiger partial charge on any atom is -0.496 e. The molecule has 1 aliphatic rings. The molecule has 1 aromatic heterocycles. The van der Waals surface area contributed by atoms with Crippen LogP contribution in [0.15, 0.2) is 54.9 Å². The van der Waals surface area contributed by atoms with Crippen molar-refractivity contribution < 1.29 is 14.3 Å². The van der Waals surface area contributed by atoms with Crippen molar-refractivity contribution in [1.82, 2.24) is 14.7 Å². The number of carbonyl (C=O) groups is 2. The van der Waals surface area contributed by atoms with E-state index in [1.807, 2.05) is 62.5 Å². The molecule has 31 heavy (non-hydrogen) atoms.